The Morgan fingerprint density at radius 3 is 2.55 bits per heavy atom. The molecule has 0 fully saturated rings. The maximum Gasteiger partial charge on any atom is 0.344 e. The van der Waals surface area contributed by atoms with E-state index >= 15 is 4.39 Å². The third kappa shape index (κ3) is 3.67. The van der Waals surface area contributed by atoms with Gasteiger partial charge in [-0.05, 0) is 25.1 Å². The van der Waals surface area contributed by atoms with Crippen molar-refractivity contribution in [2.45, 2.75) is 25.1 Å². The number of carboxylic acids is 2. The first-order chi connectivity index (χ1) is 13.5. The smallest absolute Gasteiger partial charge is 0.344 e. The Morgan fingerprint density at radius 2 is 2.03 bits per heavy atom. The minimum absolute atomic E-state index is 0.132. The van der Waals surface area contributed by atoms with Crippen molar-refractivity contribution in [2.24, 2.45) is 5.41 Å². The summed E-state index contributed by atoms with van der Waals surface area (Å²) in [5, 5.41) is 29.0. The van der Waals surface area contributed by atoms with E-state index in [0.717, 1.165) is 6.07 Å². The van der Waals surface area contributed by atoms with Gasteiger partial charge >= 0.3 is 11.9 Å². The number of nitrogen functional groups attached to an aromatic ring is 1. The van der Waals surface area contributed by atoms with E-state index in [-0.39, 0.29) is 23.0 Å². The molecule has 0 amide bonds. The second kappa shape index (κ2) is 7.10. The lowest BCUT2D eigenvalue weighted by Crippen LogP contribution is -2.56. The SMILES string of the molecule is CC1(C(=O)O)C=C(c2nnc(N)[nH]2)C(Nc2ccc(Br)cc2F)C(F)(C(=O)O)C1. The summed E-state index contributed by atoms with van der Waals surface area (Å²) in [5.41, 5.74) is 0.186. The molecule has 12 heteroatoms. The number of halogens is 3. The van der Waals surface area contributed by atoms with Crippen molar-refractivity contribution in [1.82, 2.24) is 15.2 Å². The lowest BCUT2D eigenvalue weighted by Gasteiger charge is -2.41. The first-order valence-electron chi connectivity index (χ1n) is 8.25. The second-order valence-corrected chi connectivity index (χ2v) is 7.84. The van der Waals surface area contributed by atoms with Crippen molar-refractivity contribution in [3.05, 3.63) is 40.4 Å². The van der Waals surface area contributed by atoms with Gasteiger partial charge in [-0.3, -0.25) is 4.79 Å². The van der Waals surface area contributed by atoms with Crippen LogP contribution < -0.4 is 11.1 Å². The number of aliphatic carboxylic acids is 2. The average molecular weight is 472 g/mol. The Balaban J connectivity index is 2.20. The molecule has 3 unspecified atom stereocenters. The zero-order chi connectivity index (χ0) is 21.6. The van der Waals surface area contributed by atoms with Crippen LogP contribution >= 0.6 is 15.9 Å². The molecule has 1 heterocycles. The summed E-state index contributed by atoms with van der Waals surface area (Å²) in [7, 11) is 0. The third-order valence-electron chi connectivity index (χ3n) is 4.72. The van der Waals surface area contributed by atoms with Gasteiger partial charge in [0.15, 0.2) is 5.82 Å². The highest BCUT2D eigenvalue weighted by atomic mass is 79.9. The van der Waals surface area contributed by atoms with Crippen LogP contribution in [0.1, 0.15) is 19.2 Å². The van der Waals surface area contributed by atoms with Crippen LogP contribution in [0, 0.1) is 11.2 Å². The van der Waals surface area contributed by atoms with Crippen LogP contribution in [0.5, 0.6) is 0 Å². The molecule has 0 spiro atoms. The topological polar surface area (TPSA) is 154 Å². The molecule has 1 aromatic heterocycles. The van der Waals surface area contributed by atoms with Crippen molar-refractivity contribution in [3.8, 4) is 0 Å². The number of nitrogens with one attached hydrogen (secondary N) is 2. The Labute approximate surface area is 171 Å². The number of nitrogens with two attached hydrogens (primary N) is 1. The van der Waals surface area contributed by atoms with Crippen molar-refractivity contribution in [1.29, 1.82) is 0 Å². The van der Waals surface area contributed by atoms with Crippen molar-refractivity contribution in [2.75, 3.05) is 11.1 Å². The van der Waals surface area contributed by atoms with E-state index in [2.05, 4.69) is 36.4 Å². The Morgan fingerprint density at radius 1 is 1.34 bits per heavy atom. The van der Waals surface area contributed by atoms with E-state index in [9.17, 15) is 24.2 Å². The van der Waals surface area contributed by atoms with Gasteiger partial charge in [0, 0.05) is 16.5 Å². The fourth-order valence-corrected chi connectivity index (χ4v) is 3.59. The summed E-state index contributed by atoms with van der Waals surface area (Å²) < 4.78 is 30.6. The van der Waals surface area contributed by atoms with Gasteiger partial charge in [0.05, 0.1) is 11.1 Å². The predicted molar refractivity (Wildman–Crippen MR) is 102 cm³/mol. The van der Waals surface area contributed by atoms with Crippen LogP contribution in [0.25, 0.3) is 5.57 Å². The summed E-state index contributed by atoms with van der Waals surface area (Å²) in [6.07, 6.45) is 0.276. The van der Waals surface area contributed by atoms with E-state index in [1.165, 1.54) is 25.1 Å². The lowest BCUT2D eigenvalue weighted by molar-refractivity contribution is -0.157. The fourth-order valence-electron chi connectivity index (χ4n) is 3.26. The molecule has 154 valence electrons. The van der Waals surface area contributed by atoms with E-state index in [1.54, 1.807) is 0 Å². The molecule has 1 aliphatic rings. The monoisotopic (exact) mass is 471 g/mol. The number of H-pyrrole nitrogens is 1. The van der Waals surface area contributed by atoms with Gasteiger partial charge < -0.3 is 26.2 Å². The number of carboxylic acid groups (broad SMARTS) is 2. The number of rotatable bonds is 5. The normalized spacial score (nSPS) is 26.6. The number of carbonyl (C=O) groups is 2. The number of anilines is 2. The molecule has 0 saturated heterocycles. The van der Waals surface area contributed by atoms with E-state index < -0.39 is 41.3 Å². The number of hydrogen-bond acceptors (Lipinski definition) is 6. The maximum absolute atomic E-state index is 15.9. The molecule has 0 bridgehead atoms. The molecule has 1 aliphatic carbocycles. The van der Waals surface area contributed by atoms with E-state index in [0.29, 0.717) is 4.47 Å². The zero-order valence-electron chi connectivity index (χ0n) is 14.9. The first-order valence-corrected chi connectivity index (χ1v) is 9.04. The van der Waals surface area contributed by atoms with Crippen LogP contribution in [0.3, 0.4) is 0 Å². The van der Waals surface area contributed by atoms with Crippen molar-refractivity contribution >= 4 is 45.1 Å². The molecule has 9 nitrogen and oxygen atoms in total. The van der Waals surface area contributed by atoms with Gasteiger partial charge in [-0.2, -0.15) is 0 Å². The molecule has 0 saturated carbocycles. The summed E-state index contributed by atoms with van der Waals surface area (Å²) >= 11 is 3.10. The highest BCUT2D eigenvalue weighted by molar-refractivity contribution is 9.10. The summed E-state index contributed by atoms with van der Waals surface area (Å²) in [4.78, 5) is 26.2. The van der Waals surface area contributed by atoms with E-state index in [4.69, 9.17) is 5.73 Å². The molecule has 6 N–H and O–H groups in total. The number of nitrogens with zero attached hydrogens (tertiary/aromatic N) is 2. The van der Waals surface area contributed by atoms with Gasteiger partial charge in [0.25, 0.3) is 0 Å². The highest BCUT2D eigenvalue weighted by Gasteiger charge is 2.58. The van der Waals surface area contributed by atoms with Gasteiger partial charge in [-0.1, -0.05) is 22.0 Å². The Bertz CT molecular complexity index is 1030. The van der Waals surface area contributed by atoms with Crippen LogP contribution in [-0.2, 0) is 9.59 Å². The average Bonchev–Trinajstić information content (AvgIpc) is 3.05. The summed E-state index contributed by atoms with van der Waals surface area (Å²) in [5.74, 6) is -4.38. The second-order valence-electron chi connectivity index (χ2n) is 6.93. The number of alkyl halides is 1. The molecule has 3 rings (SSSR count). The summed E-state index contributed by atoms with van der Waals surface area (Å²) in [6.45, 7) is 1.18. The standard InChI is InChI=1S/C17H16BrF2N5O4/c1-16(13(26)27)5-8(12-23-15(21)25-24-12)11(17(20,6-16)14(28)29)22-10-3-2-7(18)4-9(10)19/h2-5,11,22H,6H2,1H3,(H,26,27)(H,28,29)(H3,21,23,24,25). The molecular formula is C17H16BrF2N5O4. The molecule has 2 aromatic rings. The fraction of sp³-hybridized carbons (Fsp3) is 0.294. The van der Waals surface area contributed by atoms with E-state index in [1.807, 2.05) is 0 Å². The van der Waals surface area contributed by atoms with Gasteiger partial charge in [0.1, 0.15) is 11.9 Å². The zero-order valence-corrected chi connectivity index (χ0v) is 16.5. The van der Waals surface area contributed by atoms with Crippen LogP contribution in [-0.4, -0.2) is 49.0 Å². The van der Waals surface area contributed by atoms with Crippen molar-refractivity contribution < 1.29 is 28.6 Å². The molecule has 0 aliphatic heterocycles. The van der Waals surface area contributed by atoms with Gasteiger partial charge in [-0.15, -0.1) is 10.2 Å². The molecule has 3 atom stereocenters. The number of benzene rings is 1. The van der Waals surface area contributed by atoms with Gasteiger partial charge in [-0.25, -0.2) is 13.6 Å². The van der Waals surface area contributed by atoms with Crippen molar-refractivity contribution in [3.63, 3.8) is 0 Å². The molecule has 29 heavy (non-hydrogen) atoms. The molecular weight excluding hydrogens is 456 g/mol. The van der Waals surface area contributed by atoms with Crippen LogP contribution in [0.15, 0.2) is 28.7 Å². The number of aromatic nitrogens is 3. The summed E-state index contributed by atoms with van der Waals surface area (Å²) in [6, 6.07) is 2.20. The maximum atomic E-state index is 15.9. The minimum atomic E-state index is -3.11. The Kier molecular flexibility index (Phi) is 5.07. The molecule has 0 radical (unpaired) electrons. The quantitative estimate of drug-likeness (QED) is 0.445. The van der Waals surface area contributed by atoms with Crippen LogP contribution in [0.4, 0.5) is 20.4 Å². The van der Waals surface area contributed by atoms with Gasteiger partial charge in [0.2, 0.25) is 11.6 Å². The highest BCUT2D eigenvalue weighted by Crippen LogP contribution is 2.46. The molecule has 1 aromatic carbocycles. The number of hydrogen-bond donors (Lipinski definition) is 5. The Hall–Kier alpha value is -3.02. The third-order valence-corrected chi connectivity index (χ3v) is 5.21. The predicted octanol–water partition coefficient (Wildman–Crippen LogP) is 2.44. The largest absolute Gasteiger partial charge is 0.481 e. The first kappa shape index (κ1) is 20.7. The number of aromatic amines is 1. The van der Waals surface area contributed by atoms with Crippen LogP contribution in [0.2, 0.25) is 0 Å². The minimum Gasteiger partial charge on any atom is -0.481 e. The lowest BCUT2D eigenvalue weighted by atomic mass is 9.68.